The number of carbonyl (C=O) groups excluding carboxylic acids is 2. The predicted molar refractivity (Wildman–Crippen MR) is 73.6 cm³/mol. The highest BCUT2D eigenvalue weighted by molar-refractivity contribution is 8.00. The van der Waals surface area contributed by atoms with E-state index < -0.39 is 6.03 Å². The predicted octanol–water partition coefficient (Wildman–Crippen LogP) is 2.54. The zero-order valence-corrected chi connectivity index (χ0v) is 11.7. The van der Waals surface area contributed by atoms with E-state index in [-0.39, 0.29) is 23.5 Å². The first-order chi connectivity index (χ1) is 9.01. The number of urea groups is 1. The van der Waals surface area contributed by atoms with Gasteiger partial charge in [-0.1, -0.05) is 6.92 Å². The molecule has 0 aromatic heterocycles. The largest absolute Gasteiger partial charge is 0.335 e. The number of benzene rings is 1. The summed E-state index contributed by atoms with van der Waals surface area (Å²) in [5.74, 6) is -0.587. The third-order valence-corrected chi connectivity index (χ3v) is 3.44. The molecular formula is C13H17FN2O2S. The van der Waals surface area contributed by atoms with Crippen LogP contribution in [0.4, 0.5) is 9.18 Å². The van der Waals surface area contributed by atoms with Gasteiger partial charge in [-0.25, -0.2) is 9.18 Å². The second kappa shape index (κ2) is 7.78. The zero-order chi connectivity index (χ0) is 14.3. The molecule has 0 aliphatic heterocycles. The Morgan fingerprint density at radius 1 is 1.32 bits per heavy atom. The van der Waals surface area contributed by atoms with Gasteiger partial charge in [0.1, 0.15) is 5.82 Å². The number of rotatable bonds is 5. The molecule has 1 aromatic carbocycles. The Hall–Kier alpha value is -1.56. The fourth-order valence-electron chi connectivity index (χ4n) is 1.20. The summed E-state index contributed by atoms with van der Waals surface area (Å²) in [6.45, 7) is 3.80. The molecule has 104 valence electrons. The van der Waals surface area contributed by atoms with E-state index in [4.69, 9.17) is 0 Å². The normalized spacial score (nSPS) is 11.7. The Balaban J connectivity index is 2.31. The van der Waals surface area contributed by atoms with Crippen molar-refractivity contribution in [3.63, 3.8) is 0 Å². The number of carbonyl (C=O) groups is 2. The Morgan fingerprint density at radius 3 is 2.53 bits per heavy atom. The van der Waals surface area contributed by atoms with Crippen LogP contribution in [0.5, 0.6) is 0 Å². The molecule has 0 bridgehead atoms. The van der Waals surface area contributed by atoms with Crippen molar-refractivity contribution < 1.29 is 14.0 Å². The molecule has 0 spiro atoms. The Bertz CT molecular complexity index is 437. The van der Waals surface area contributed by atoms with Crippen molar-refractivity contribution in [3.8, 4) is 0 Å². The third-order valence-electron chi connectivity index (χ3n) is 2.43. The van der Waals surface area contributed by atoms with Crippen LogP contribution >= 0.6 is 11.8 Å². The van der Waals surface area contributed by atoms with Crippen LogP contribution in [0.3, 0.4) is 0 Å². The van der Waals surface area contributed by atoms with E-state index in [1.165, 1.54) is 23.9 Å². The molecule has 0 unspecified atom stereocenters. The number of amides is 3. The molecule has 6 heteroatoms. The molecule has 0 saturated heterocycles. The SMILES string of the molecule is CC[C@@H](C)NC(=O)NC(=O)CSc1ccc(F)cc1. The van der Waals surface area contributed by atoms with E-state index in [1.54, 1.807) is 12.1 Å². The maximum absolute atomic E-state index is 12.7. The summed E-state index contributed by atoms with van der Waals surface area (Å²) in [6.07, 6.45) is 0.798. The Morgan fingerprint density at radius 2 is 1.95 bits per heavy atom. The maximum atomic E-state index is 12.7. The van der Waals surface area contributed by atoms with Crippen molar-refractivity contribution in [2.24, 2.45) is 0 Å². The molecule has 0 saturated carbocycles. The average molecular weight is 284 g/mol. The van der Waals surface area contributed by atoms with Crippen LogP contribution in [0.2, 0.25) is 0 Å². The molecule has 1 atom stereocenters. The monoisotopic (exact) mass is 284 g/mol. The molecule has 0 heterocycles. The van der Waals surface area contributed by atoms with Gasteiger partial charge in [0.25, 0.3) is 0 Å². The van der Waals surface area contributed by atoms with Crippen LogP contribution in [-0.4, -0.2) is 23.7 Å². The van der Waals surface area contributed by atoms with Gasteiger partial charge < -0.3 is 5.32 Å². The van der Waals surface area contributed by atoms with Crippen LogP contribution in [-0.2, 0) is 4.79 Å². The van der Waals surface area contributed by atoms with E-state index >= 15 is 0 Å². The Labute approximate surface area is 116 Å². The van der Waals surface area contributed by atoms with Gasteiger partial charge >= 0.3 is 6.03 Å². The molecular weight excluding hydrogens is 267 g/mol. The fourth-order valence-corrected chi connectivity index (χ4v) is 1.90. The van der Waals surface area contributed by atoms with Crippen LogP contribution in [0, 0.1) is 5.82 Å². The molecule has 0 aliphatic carbocycles. The van der Waals surface area contributed by atoms with E-state index in [2.05, 4.69) is 10.6 Å². The second-order valence-electron chi connectivity index (χ2n) is 4.07. The van der Waals surface area contributed by atoms with E-state index in [9.17, 15) is 14.0 Å². The molecule has 3 amide bonds. The molecule has 4 nitrogen and oxygen atoms in total. The number of hydrogen-bond acceptors (Lipinski definition) is 3. The summed E-state index contributed by atoms with van der Waals surface area (Å²) < 4.78 is 12.7. The first-order valence-electron chi connectivity index (χ1n) is 6.00. The minimum Gasteiger partial charge on any atom is -0.335 e. The minimum absolute atomic E-state index is 0.0255. The van der Waals surface area contributed by atoms with Gasteiger partial charge in [-0.05, 0) is 37.6 Å². The lowest BCUT2D eigenvalue weighted by atomic mass is 10.3. The highest BCUT2D eigenvalue weighted by Gasteiger charge is 2.09. The summed E-state index contributed by atoms with van der Waals surface area (Å²) in [5, 5.41) is 4.88. The highest BCUT2D eigenvalue weighted by Crippen LogP contribution is 2.17. The summed E-state index contributed by atoms with van der Waals surface area (Å²) in [6, 6.07) is 5.38. The van der Waals surface area contributed by atoms with Crippen LogP contribution in [0.15, 0.2) is 29.2 Å². The number of imide groups is 1. The van der Waals surface area contributed by atoms with Crippen molar-refractivity contribution >= 4 is 23.7 Å². The number of thioether (sulfide) groups is 1. The number of hydrogen-bond donors (Lipinski definition) is 2. The van der Waals surface area contributed by atoms with Gasteiger partial charge in [0.2, 0.25) is 5.91 Å². The number of nitrogens with one attached hydrogen (secondary N) is 2. The molecule has 1 aromatic rings. The topological polar surface area (TPSA) is 58.2 Å². The van der Waals surface area contributed by atoms with Crippen molar-refractivity contribution in [1.82, 2.24) is 10.6 Å². The maximum Gasteiger partial charge on any atom is 0.321 e. The minimum atomic E-state index is -0.487. The smallest absolute Gasteiger partial charge is 0.321 e. The third kappa shape index (κ3) is 6.24. The summed E-state index contributed by atoms with van der Waals surface area (Å²) in [5.41, 5.74) is 0. The van der Waals surface area contributed by atoms with Crippen LogP contribution < -0.4 is 10.6 Å². The lowest BCUT2D eigenvalue weighted by Crippen LogP contribution is -2.43. The molecule has 19 heavy (non-hydrogen) atoms. The van der Waals surface area contributed by atoms with Crippen molar-refractivity contribution in [1.29, 1.82) is 0 Å². The lowest BCUT2D eigenvalue weighted by Gasteiger charge is -2.11. The summed E-state index contributed by atoms with van der Waals surface area (Å²) in [4.78, 5) is 23.7. The van der Waals surface area contributed by atoms with Gasteiger partial charge in [-0.3, -0.25) is 10.1 Å². The molecule has 1 rings (SSSR count). The number of halogens is 1. The molecule has 2 N–H and O–H groups in total. The molecule has 0 radical (unpaired) electrons. The van der Waals surface area contributed by atoms with Gasteiger partial charge in [0.15, 0.2) is 0 Å². The Kier molecular flexibility index (Phi) is 6.35. The second-order valence-corrected chi connectivity index (χ2v) is 5.12. The van der Waals surface area contributed by atoms with Gasteiger partial charge in [-0.15, -0.1) is 11.8 Å². The zero-order valence-electron chi connectivity index (χ0n) is 10.9. The average Bonchev–Trinajstić information content (AvgIpc) is 2.37. The van der Waals surface area contributed by atoms with E-state index in [0.29, 0.717) is 0 Å². The van der Waals surface area contributed by atoms with Crippen LogP contribution in [0.25, 0.3) is 0 Å². The van der Waals surface area contributed by atoms with E-state index in [0.717, 1.165) is 11.3 Å². The molecule has 0 aliphatic rings. The lowest BCUT2D eigenvalue weighted by molar-refractivity contribution is -0.117. The summed E-state index contributed by atoms with van der Waals surface area (Å²) >= 11 is 1.25. The van der Waals surface area contributed by atoms with E-state index in [1.807, 2.05) is 13.8 Å². The quantitative estimate of drug-likeness (QED) is 0.817. The first kappa shape index (κ1) is 15.5. The van der Waals surface area contributed by atoms with Gasteiger partial charge in [0.05, 0.1) is 5.75 Å². The highest BCUT2D eigenvalue weighted by atomic mass is 32.2. The molecule has 0 fully saturated rings. The van der Waals surface area contributed by atoms with Crippen molar-refractivity contribution in [3.05, 3.63) is 30.1 Å². The standard InChI is InChI=1S/C13H17FN2O2S/c1-3-9(2)15-13(18)16-12(17)8-19-11-6-4-10(14)5-7-11/h4-7,9H,3,8H2,1-2H3,(H2,15,16,17,18)/t9-/m1/s1. The fraction of sp³-hybridized carbons (Fsp3) is 0.385. The summed E-state index contributed by atoms with van der Waals surface area (Å²) in [7, 11) is 0. The first-order valence-corrected chi connectivity index (χ1v) is 6.98. The van der Waals surface area contributed by atoms with Gasteiger partial charge in [-0.2, -0.15) is 0 Å². The van der Waals surface area contributed by atoms with Crippen molar-refractivity contribution in [2.45, 2.75) is 31.2 Å². The van der Waals surface area contributed by atoms with Crippen molar-refractivity contribution in [2.75, 3.05) is 5.75 Å². The van der Waals surface area contributed by atoms with Gasteiger partial charge in [0, 0.05) is 10.9 Å². The van der Waals surface area contributed by atoms with Crippen LogP contribution in [0.1, 0.15) is 20.3 Å².